The largest absolute Gasteiger partial charge is 0.394 e. The SMILES string of the molecule is C[C@@H](O)C(=O)N1CCCC[C@H]1CO. The van der Waals surface area contributed by atoms with E-state index in [-0.39, 0.29) is 18.6 Å². The minimum atomic E-state index is -0.952. The number of hydrogen-bond acceptors (Lipinski definition) is 3. The Labute approximate surface area is 78.2 Å². The summed E-state index contributed by atoms with van der Waals surface area (Å²) in [6.07, 6.45) is 1.91. The van der Waals surface area contributed by atoms with E-state index in [1.807, 2.05) is 0 Å². The van der Waals surface area contributed by atoms with E-state index in [0.717, 1.165) is 19.3 Å². The van der Waals surface area contributed by atoms with Crippen LogP contribution in [0.4, 0.5) is 0 Å². The molecule has 0 aliphatic carbocycles. The van der Waals surface area contributed by atoms with Gasteiger partial charge in [0.15, 0.2) is 0 Å². The first-order valence-electron chi connectivity index (χ1n) is 4.76. The Kier molecular flexibility index (Phi) is 3.69. The van der Waals surface area contributed by atoms with E-state index in [1.54, 1.807) is 4.90 Å². The average Bonchev–Trinajstić information content (AvgIpc) is 2.16. The topological polar surface area (TPSA) is 60.8 Å². The van der Waals surface area contributed by atoms with E-state index >= 15 is 0 Å². The van der Waals surface area contributed by atoms with E-state index in [1.165, 1.54) is 6.92 Å². The van der Waals surface area contributed by atoms with Gasteiger partial charge in [-0.2, -0.15) is 0 Å². The fourth-order valence-electron chi connectivity index (χ4n) is 1.72. The summed E-state index contributed by atoms with van der Waals surface area (Å²) in [5.74, 6) is -0.265. The van der Waals surface area contributed by atoms with Crippen LogP contribution < -0.4 is 0 Å². The lowest BCUT2D eigenvalue weighted by atomic mass is 10.0. The number of carbonyl (C=O) groups is 1. The molecule has 0 bridgehead atoms. The average molecular weight is 187 g/mol. The molecular formula is C9H17NO3. The smallest absolute Gasteiger partial charge is 0.251 e. The maximum absolute atomic E-state index is 11.4. The first-order valence-corrected chi connectivity index (χ1v) is 4.76. The summed E-state index contributed by atoms with van der Waals surface area (Å²) >= 11 is 0. The Balaban J connectivity index is 2.58. The fraction of sp³-hybridized carbons (Fsp3) is 0.889. The Morgan fingerprint density at radius 1 is 1.62 bits per heavy atom. The summed E-state index contributed by atoms with van der Waals surface area (Å²) < 4.78 is 0. The summed E-state index contributed by atoms with van der Waals surface area (Å²) in [4.78, 5) is 13.0. The highest BCUT2D eigenvalue weighted by molar-refractivity contribution is 5.80. The molecule has 0 radical (unpaired) electrons. The first-order chi connectivity index (χ1) is 6.16. The fourth-order valence-corrected chi connectivity index (χ4v) is 1.72. The number of aliphatic hydroxyl groups excluding tert-OH is 2. The van der Waals surface area contributed by atoms with Crippen molar-refractivity contribution in [2.45, 2.75) is 38.3 Å². The molecule has 1 rings (SSSR count). The van der Waals surface area contributed by atoms with Gasteiger partial charge in [0.05, 0.1) is 12.6 Å². The van der Waals surface area contributed by atoms with Gasteiger partial charge in [0.2, 0.25) is 0 Å². The molecule has 1 saturated heterocycles. The molecule has 4 heteroatoms. The number of aliphatic hydroxyl groups is 2. The molecule has 0 aromatic heterocycles. The van der Waals surface area contributed by atoms with Gasteiger partial charge in [-0.25, -0.2) is 0 Å². The molecule has 2 atom stereocenters. The molecule has 1 heterocycles. The molecule has 1 aliphatic rings. The van der Waals surface area contributed by atoms with E-state index in [0.29, 0.717) is 6.54 Å². The summed E-state index contributed by atoms with van der Waals surface area (Å²) in [6, 6.07) is -0.0872. The van der Waals surface area contributed by atoms with Crippen molar-refractivity contribution >= 4 is 5.91 Å². The van der Waals surface area contributed by atoms with Gasteiger partial charge in [0, 0.05) is 6.54 Å². The lowest BCUT2D eigenvalue weighted by Crippen LogP contribution is -2.49. The van der Waals surface area contributed by atoms with E-state index in [2.05, 4.69) is 0 Å². The molecular weight excluding hydrogens is 170 g/mol. The van der Waals surface area contributed by atoms with E-state index in [9.17, 15) is 4.79 Å². The predicted octanol–water partition coefficient (Wildman–Crippen LogP) is -0.259. The zero-order valence-corrected chi connectivity index (χ0v) is 7.94. The number of nitrogens with zero attached hydrogens (tertiary/aromatic N) is 1. The highest BCUT2D eigenvalue weighted by Gasteiger charge is 2.27. The van der Waals surface area contributed by atoms with Crippen molar-refractivity contribution < 1.29 is 15.0 Å². The van der Waals surface area contributed by atoms with Gasteiger partial charge in [-0.05, 0) is 26.2 Å². The van der Waals surface area contributed by atoms with Crippen molar-refractivity contribution in [2.24, 2.45) is 0 Å². The van der Waals surface area contributed by atoms with Crippen LogP contribution in [0.2, 0.25) is 0 Å². The van der Waals surface area contributed by atoms with Crippen molar-refractivity contribution in [1.82, 2.24) is 4.90 Å². The highest BCUT2D eigenvalue weighted by Crippen LogP contribution is 2.17. The second-order valence-electron chi connectivity index (χ2n) is 3.54. The third-order valence-corrected chi connectivity index (χ3v) is 2.48. The van der Waals surface area contributed by atoms with E-state index < -0.39 is 6.10 Å². The Bertz CT molecular complexity index is 182. The quantitative estimate of drug-likeness (QED) is 0.626. The molecule has 1 amide bonds. The Morgan fingerprint density at radius 3 is 2.85 bits per heavy atom. The Morgan fingerprint density at radius 2 is 2.31 bits per heavy atom. The van der Waals surface area contributed by atoms with Crippen molar-refractivity contribution in [2.75, 3.05) is 13.2 Å². The molecule has 2 N–H and O–H groups in total. The van der Waals surface area contributed by atoms with Crippen LogP contribution in [0.1, 0.15) is 26.2 Å². The number of rotatable bonds is 2. The minimum Gasteiger partial charge on any atom is -0.394 e. The third kappa shape index (κ3) is 2.42. The van der Waals surface area contributed by atoms with Gasteiger partial charge >= 0.3 is 0 Å². The predicted molar refractivity (Wildman–Crippen MR) is 48.1 cm³/mol. The van der Waals surface area contributed by atoms with Gasteiger partial charge < -0.3 is 15.1 Å². The van der Waals surface area contributed by atoms with Crippen LogP contribution in [0.25, 0.3) is 0 Å². The standard InChI is InChI=1S/C9H17NO3/c1-7(12)9(13)10-5-3-2-4-8(10)6-11/h7-8,11-12H,2-6H2,1H3/t7-,8+/m1/s1. The van der Waals surface area contributed by atoms with E-state index in [4.69, 9.17) is 10.2 Å². The van der Waals surface area contributed by atoms with Crippen LogP contribution in [-0.4, -0.2) is 46.3 Å². The van der Waals surface area contributed by atoms with Crippen molar-refractivity contribution in [3.8, 4) is 0 Å². The molecule has 0 saturated carbocycles. The second kappa shape index (κ2) is 4.58. The Hall–Kier alpha value is -0.610. The van der Waals surface area contributed by atoms with Gasteiger partial charge in [-0.1, -0.05) is 0 Å². The maximum Gasteiger partial charge on any atom is 0.251 e. The number of carbonyl (C=O) groups excluding carboxylic acids is 1. The number of hydrogen-bond donors (Lipinski definition) is 2. The zero-order valence-electron chi connectivity index (χ0n) is 7.94. The highest BCUT2D eigenvalue weighted by atomic mass is 16.3. The molecule has 76 valence electrons. The summed E-state index contributed by atoms with van der Waals surface area (Å²) in [6.45, 7) is 2.12. The normalized spacial score (nSPS) is 25.8. The first kappa shape index (κ1) is 10.5. The second-order valence-corrected chi connectivity index (χ2v) is 3.54. The van der Waals surface area contributed by atoms with Gasteiger partial charge in [0.25, 0.3) is 5.91 Å². The van der Waals surface area contributed by atoms with Crippen LogP contribution in [0, 0.1) is 0 Å². The lowest BCUT2D eigenvalue weighted by Gasteiger charge is -2.35. The van der Waals surface area contributed by atoms with Gasteiger partial charge in [-0.15, -0.1) is 0 Å². The molecule has 0 aromatic carbocycles. The van der Waals surface area contributed by atoms with Gasteiger partial charge in [-0.3, -0.25) is 4.79 Å². The molecule has 13 heavy (non-hydrogen) atoms. The van der Waals surface area contributed by atoms with Gasteiger partial charge in [0.1, 0.15) is 6.10 Å². The summed E-state index contributed by atoms with van der Waals surface area (Å²) in [7, 11) is 0. The monoisotopic (exact) mass is 187 g/mol. The molecule has 0 unspecified atom stereocenters. The number of amides is 1. The van der Waals surface area contributed by atoms with Crippen LogP contribution in [-0.2, 0) is 4.79 Å². The van der Waals surface area contributed by atoms with Crippen LogP contribution in [0.15, 0.2) is 0 Å². The van der Waals surface area contributed by atoms with Crippen molar-refractivity contribution in [3.63, 3.8) is 0 Å². The maximum atomic E-state index is 11.4. The van der Waals surface area contributed by atoms with Crippen LogP contribution >= 0.6 is 0 Å². The molecule has 0 spiro atoms. The van der Waals surface area contributed by atoms with Crippen LogP contribution in [0.5, 0.6) is 0 Å². The third-order valence-electron chi connectivity index (χ3n) is 2.48. The lowest BCUT2D eigenvalue weighted by molar-refractivity contribution is -0.144. The van der Waals surface area contributed by atoms with Crippen molar-refractivity contribution in [3.05, 3.63) is 0 Å². The summed E-state index contributed by atoms with van der Waals surface area (Å²) in [5.41, 5.74) is 0. The molecule has 0 aromatic rings. The minimum absolute atomic E-state index is 0.00153. The molecule has 1 fully saturated rings. The summed E-state index contributed by atoms with van der Waals surface area (Å²) in [5, 5.41) is 18.1. The number of piperidine rings is 1. The van der Waals surface area contributed by atoms with Crippen LogP contribution in [0.3, 0.4) is 0 Å². The number of likely N-dealkylation sites (tertiary alicyclic amines) is 1. The molecule has 4 nitrogen and oxygen atoms in total. The molecule has 1 aliphatic heterocycles. The zero-order chi connectivity index (χ0) is 9.84. The van der Waals surface area contributed by atoms with Crippen molar-refractivity contribution in [1.29, 1.82) is 0 Å².